The summed E-state index contributed by atoms with van der Waals surface area (Å²) in [4.78, 5) is 1.03. The first-order valence-electron chi connectivity index (χ1n) is 4.78. The van der Waals surface area contributed by atoms with Gasteiger partial charge in [0.2, 0.25) is 0 Å². The number of anilines is 2. The summed E-state index contributed by atoms with van der Waals surface area (Å²) in [7, 11) is 0. The van der Waals surface area contributed by atoms with Gasteiger partial charge in [-0.3, -0.25) is 0 Å². The fraction of sp³-hybridized carbons (Fsp3) is 0.0909. The molecule has 0 aliphatic heterocycles. The van der Waals surface area contributed by atoms with Gasteiger partial charge in [-0.05, 0) is 39.5 Å². The molecule has 17 heavy (non-hydrogen) atoms. The van der Waals surface area contributed by atoms with Crippen LogP contribution in [0.4, 0.5) is 15.8 Å². The Hall–Kier alpha value is -0.780. The SMILES string of the molecule is Nc1ccsc1CNc1c(Cl)cc(F)cc1Br. The molecule has 0 unspecified atom stereocenters. The molecule has 2 nitrogen and oxygen atoms in total. The molecule has 0 saturated heterocycles. The fourth-order valence-electron chi connectivity index (χ4n) is 1.37. The highest BCUT2D eigenvalue weighted by molar-refractivity contribution is 9.10. The molecular formula is C11H9BrClFN2S. The minimum atomic E-state index is -0.372. The summed E-state index contributed by atoms with van der Waals surface area (Å²) in [6, 6.07) is 4.49. The van der Waals surface area contributed by atoms with Crippen molar-refractivity contribution in [1.29, 1.82) is 0 Å². The van der Waals surface area contributed by atoms with Crippen LogP contribution in [0, 0.1) is 5.82 Å². The van der Waals surface area contributed by atoms with E-state index in [9.17, 15) is 4.39 Å². The molecule has 0 saturated carbocycles. The maximum absolute atomic E-state index is 13.0. The molecule has 2 aromatic rings. The number of nitrogens with one attached hydrogen (secondary N) is 1. The quantitative estimate of drug-likeness (QED) is 0.867. The van der Waals surface area contributed by atoms with Crippen molar-refractivity contribution in [1.82, 2.24) is 0 Å². The lowest BCUT2D eigenvalue weighted by molar-refractivity contribution is 0.627. The number of thiophene rings is 1. The van der Waals surface area contributed by atoms with Crippen molar-refractivity contribution in [2.45, 2.75) is 6.54 Å². The van der Waals surface area contributed by atoms with Crippen LogP contribution in [0.25, 0.3) is 0 Å². The number of nitrogens with two attached hydrogens (primary N) is 1. The van der Waals surface area contributed by atoms with Crippen LogP contribution in [0.5, 0.6) is 0 Å². The number of hydrogen-bond acceptors (Lipinski definition) is 3. The Morgan fingerprint density at radius 3 is 2.82 bits per heavy atom. The maximum Gasteiger partial charge on any atom is 0.125 e. The average Bonchev–Trinajstić information content (AvgIpc) is 2.62. The molecule has 0 aliphatic rings. The number of nitrogen functional groups attached to an aromatic ring is 1. The highest BCUT2D eigenvalue weighted by Gasteiger charge is 2.08. The summed E-state index contributed by atoms with van der Waals surface area (Å²) in [5.41, 5.74) is 7.19. The summed E-state index contributed by atoms with van der Waals surface area (Å²) in [5, 5.41) is 5.40. The lowest BCUT2D eigenvalue weighted by Crippen LogP contribution is -2.01. The largest absolute Gasteiger partial charge is 0.398 e. The van der Waals surface area contributed by atoms with E-state index in [0.29, 0.717) is 21.7 Å². The first kappa shape index (κ1) is 12.7. The standard InChI is InChI=1S/C11H9BrClFN2S/c12-7-3-6(14)4-8(13)11(7)16-5-10-9(15)1-2-17-10/h1-4,16H,5,15H2. The molecule has 1 aromatic carbocycles. The molecule has 0 fully saturated rings. The Labute approximate surface area is 116 Å². The molecule has 0 spiro atoms. The van der Waals surface area contributed by atoms with Gasteiger partial charge in [0.1, 0.15) is 5.82 Å². The summed E-state index contributed by atoms with van der Waals surface area (Å²) in [6.45, 7) is 0.563. The van der Waals surface area contributed by atoms with Gasteiger partial charge in [0.25, 0.3) is 0 Å². The van der Waals surface area contributed by atoms with Crippen LogP contribution in [0.1, 0.15) is 4.88 Å². The zero-order chi connectivity index (χ0) is 12.4. The minimum Gasteiger partial charge on any atom is -0.398 e. The van der Waals surface area contributed by atoms with Crippen molar-refractivity contribution >= 4 is 50.2 Å². The molecule has 0 atom stereocenters. The van der Waals surface area contributed by atoms with E-state index in [1.165, 1.54) is 12.1 Å². The second-order valence-electron chi connectivity index (χ2n) is 3.40. The monoisotopic (exact) mass is 334 g/mol. The lowest BCUT2D eigenvalue weighted by atomic mass is 10.3. The second-order valence-corrected chi connectivity index (χ2v) is 5.66. The third-order valence-corrected chi connectivity index (χ3v) is 4.07. The number of hydrogen-bond donors (Lipinski definition) is 2. The van der Waals surface area contributed by atoms with E-state index in [1.807, 2.05) is 11.4 Å². The van der Waals surface area contributed by atoms with Gasteiger partial charge in [-0.2, -0.15) is 0 Å². The summed E-state index contributed by atoms with van der Waals surface area (Å²) >= 11 is 10.8. The Morgan fingerprint density at radius 1 is 1.47 bits per heavy atom. The average molecular weight is 336 g/mol. The molecule has 1 heterocycles. The van der Waals surface area contributed by atoms with E-state index in [-0.39, 0.29) is 5.82 Å². The fourth-order valence-corrected chi connectivity index (χ4v) is 3.07. The smallest absolute Gasteiger partial charge is 0.125 e. The van der Waals surface area contributed by atoms with Gasteiger partial charge in [-0.25, -0.2) is 4.39 Å². The van der Waals surface area contributed by atoms with Crippen LogP contribution in [-0.2, 0) is 6.54 Å². The molecular weight excluding hydrogens is 327 g/mol. The zero-order valence-corrected chi connectivity index (χ0v) is 11.8. The van der Waals surface area contributed by atoms with Crippen LogP contribution in [-0.4, -0.2) is 0 Å². The third kappa shape index (κ3) is 2.91. The second kappa shape index (κ2) is 5.25. The highest BCUT2D eigenvalue weighted by atomic mass is 79.9. The predicted molar refractivity (Wildman–Crippen MR) is 75.2 cm³/mol. The number of benzene rings is 1. The molecule has 0 radical (unpaired) electrons. The van der Waals surface area contributed by atoms with Gasteiger partial charge in [0, 0.05) is 15.0 Å². The molecule has 0 bridgehead atoms. The summed E-state index contributed by atoms with van der Waals surface area (Å²) in [5.74, 6) is -0.372. The third-order valence-electron chi connectivity index (χ3n) is 2.21. The van der Waals surface area contributed by atoms with Crippen molar-refractivity contribution in [3.8, 4) is 0 Å². The normalized spacial score (nSPS) is 10.5. The molecule has 6 heteroatoms. The van der Waals surface area contributed by atoms with Crippen molar-refractivity contribution in [3.63, 3.8) is 0 Å². The maximum atomic E-state index is 13.0. The molecule has 0 aliphatic carbocycles. The lowest BCUT2D eigenvalue weighted by Gasteiger charge is -2.10. The summed E-state index contributed by atoms with van der Waals surface area (Å²) in [6.07, 6.45) is 0. The van der Waals surface area contributed by atoms with Crippen molar-refractivity contribution < 1.29 is 4.39 Å². The van der Waals surface area contributed by atoms with Gasteiger partial charge >= 0.3 is 0 Å². The Morgan fingerprint density at radius 2 is 2.24 bits per heavy atom. The van der Waals surface area contributed by atoms with E-state index in [4.69, 9.17) is 17.3 Å². The van der Waals surface area contributed by atoms with Crippen LogP contribution in [0.2, 0.25) is 5.02 Å². The van der Waals surface area contributed by atoms with Crippen LogP contribution >= 0.6 is 38.9 Å². The Bertz CT molecular complexity index is 521. The van der Waals surface area contributed by atoms with E-state index in [0.717, 1.165) is 10.6 Å². The predicted octanol–water partition coefficient (Wildman–Crippen LogP) is 4.50. The molecule has 0 amide bonds. The van der Waals surface area contributed by atoms with E-state index in [2.05, 4.69) is 21.2 Å². The first-order chi connectivity index (χ1) is 8.08. The highest BCUT2D eigenvalue weighted by Crippen LogP contribution is 2.32. The Kier molecular flexibility index (Phi) is 3.91. The molecule has 1 aromatic heterocycles. The van der Waals surface area contributed by atoms with E-state index in [1.54, 1.807) is 11.3 Å². The topological polar surface area (TPSA) is 38.0 Å². The molecule has 3 N–H and O–H groups in total. The van der Waals surface area contributed by atoms with Gasteiger partial charge in [-0.15, -0.1) is 11.3 Å². The van der Waals surface area contributed by atoms with E-state index >= 15 is 0 Å². The van der Waals surface area contributed by atoms with Crippen LogP contribution in [0.3, 0.4) is 0 Å². The summed E-state index contributed by atoms with van der Waals surface area (Å²) < 4.78 is 13.6. The van der Waals surface area contributed by atoms with Gasteiger partial charge in [0.05, 0.1) is 17.3 Å². The van der Waals surface area contributed by atoms with Gasteiger partial charge in [-0.1, -0.05) is 11.6 Å². The first-order valence-corrected chi connectivity index (χ1v) is 6.83. The van der Waals surface area contributed by atoms with Crippen molar-refractivity contribution in [3.05, 3.63) is 43.8 Å². The zero-order valence-electron chi connectivity index (χ0n) is 8.64. The molecule has 90 valence electrons. The van der Waals surface area contributed by atoms with E-state index < -0.39 is 0 Å². The molecule has 2 rings (SSSR count). The Balaban J connectivity index is 2.17. The van der Waals surface area contributed by atoms with Gasteiger partial charge < -0.3 is 11.1 Å². The number of halogens is 3. The van der Waals surface area contributed by atoms with Crippen LogP contribution < -0.4 is 11.1 Å². The van der Waals surface area contributed by atoms with Crippen LogP contribution in [0.15, 0.2) is 28.1 Å². The van der Waals surface area contributed by atoms with Gasteiger partial charge in [0.15, 0.2) is 0 Å². The minimum absolute atomic E-state index is 0.340. The van der Waals surface area contributed by atoms with Crippen molar-refractivity contribution in [2.24, 2.45) is 0 Å². The van der Waals surface area contributed by atoms with Crippen molar-refractivity contribution in [2.75, 3.05) is 11.1 Å². The number of rotatable bonds is 3.